The third-order valence-corrected chi connectivity index (χ3v) is 2.91. The molecule has 0 aliphatic carbocycles. The van der Waals surface area contributed by atoms with Crippen molar-refractivity contribution < 1.29 is 9.53 Å². The lowest BCUT2D eigenvalue weighted by Crippen LogP contribution is -2.34. The number of rotatable bonds is 3. The molecule has 18 heavy (non-hydrogen) atoms. The van der Waals surface area contributed by atoms with E-state index in [9.17, 15) is 4.79 Å². The van der Waals surface area contributed by atoms with Crippen LogP contribution >= 0.6 is 15.9 Å². The Kier molecular flexibility index (Phi) is 4.79. The summed E-state index contributed by atoms with van der Waals surface area (Å²) < 4.78 is 6.26. The summed E-state index contributed by atoms with van der Waals surface area (Å²) in [5.74, 6) is -0.255. The highest BCUT2D eigenvalue weighted by Crippen LogP contribution is 2.24. The number of esters is 1. The van der Waals surface area contributed by atoms with Gasteiger partial charge in [0.1, 0.15) is 11.6 Å². The van der Waals surface area contributed by atoms with Crippen LogP contribution < -0.4 is 5.32 Å². The van der Waals surface area contributed by atoms with Crippen LogP contribution in [-0.2, 0) is 9.53 Å². The number of carbonyl (C=O) groups excluding carboxylic acids is 1. The molecule has 4 heteroatoms. The SMILES string of the molecule is Cc1ccc(NC(C)C(=O)OC(C)(C)C)c(Br)c1. The summed E-state index contributed by atoms with van der Waals surface area (Å²) in [6.45, 7) is 9.39. The molecular formula is C14H20BrNO2. The largest absolute Gasteiger partial charge is 0.458 e. The van der Waals surface area contributed by atoms with Crippen LogP contribution in [0.1, 0.15) is 33.3 Å². The van der Waals surface area contributed by atoms with Gasteiger partial charge in [0, 0.05) is 10.2 Å². The molecule has 0 fully saturated rings. The van der Waals surface area contributed by atoms with Gasteiger partial charge in [0.15, 0.2) is 0 Å². The smallest absolute Gasteiger partial charge is 0.328 e. The highest BCUT2D eigenvalue weighted by molar-refractivity contribution is 9.10. The topological polar surface area (TPSA) is 38.3 Å². The minimum Gasteiger partial charge on any atom is -0.458 e. The molecule has 0 aliphatic rings. The number of carbonyl (C=O) groups is 1. The first-order valence-corrected chi connectivity index (χ1v) is 6.74. The van der Waals surface area contributed by atoms with E-state index >= 15 is 0 Å². The second-order valence-electron chi connectivity index (χ2n) is 5.38. The Morgan fingerprint density at radius 3 is 2.50 bits per heavy atom. The molecule has 0 spiro atoms. The monoisotopic (exact) mass is 313 g/mol. The van der Waals surface area contributed by atoms with Crippen LogP contribution in [0.25, 0.3) is 0 Å². The van der Waals surface area contributed by atoms with Gasteiger partial charge in [0.2, 0.25) is 0 Å². The van der Waals surface area contributed by atoms with Crippen LogP contribution in [0.3, 0.4) is 0 Å². The number of hydrogen-bond acceptors (Lipinski definition) is 3. The fourth-order valence-electron chi connectivity index (χ4n) is 1.42. The summed E-state index contributed by atoms with van der Waals surface area (Å²) in [7, 11) is 0. The maximum Gasteiger partial charge on any atom is 0.328 e. The average molecular weight is 314 g/mol. The molecule has 0 radical (unpaired) electrons. The number of ether oxygens (including phenoxy) is 1. The Morgan fingerprint density at radius 2 is 2.00 bits per heavy atom. The van der Waals surface area contributed by atoms with Gasteiger partial charge >= 0.3 is 5.97 Å². The molecule has 3 nitrogen and oxygen atoms in total. The first-order chi connectivity index (χ1) is 8.19. The van der Waals surface area contributed by atoms with Gasteiger partial charge in [-0.1, -0.05) is 6.07 Å². The summed E-state index contributed by atoms with van der Waals surface area (Å²) in [5.41, 5.74) is 1.59. The van der Waals surface area contributed by atoms with Crippen LogP contribution in [0.2, 0.25) is 0 Å². The summed E-state index contributed by atoms with van der Waals surface area (Å²) in [5, 5.41) is 3.14. The molecule has 1 aromatic rings. The zero-order chi connectivity index (χ0) is 13.9. The Morgan fingerprint density at radius 1 is 1.39 bits per heavy atom. The zero-order valence-corrected chi connectivity index (χ0v) is 13.1. The number of anilines is 1. The molecule has 0 saturated heterocycles. The number of hydrogen-bond donors (Lipinski definition) is 1. The van der Waals surface area contributed by atoms with Crippen molar-refractivity contribution in [2.24, 2.45) is 0 Å². The molecule has 1 N–H and O–H groups in total. The zero-order valence-electron chi connectivity index (χ0n) is 11.5. The Balaban J connectivity index is 2.69. The third-order valence-electron chi connectivity index (χ3n) is 2.26. The molecule has 0 aliphatic heterocycles. The average Bonchev–Trinajstić information content (AvgIpc) is 2.19. The first kappa shape index (κ1) is 15.0. The van der Waals surface area contributed by atoms with E-state index in [1.807, 2.05) is 45.9 Å². The Hall–Kier alpha value is -1.03. The van der Waals surface area contributed by atoms with Crippen LogP contribution in [0.15, 0.2) is 22.7 Å². The standard InChI is InChI=1S/C14H20BrNO2/c1-9-6-7-12(11(15)8-9)16-10(2)13(17)18-14(3,4)5/h6-8,10,16H,1-5H3. The summed E-state index contributed by atoms with van der Waals surface area (Å²) in [6, 6.07) is 5.56. The summed E-state index contributed by atoms with van der Waals surface area (Å²) >= 11 is 3.47. The van der Waals surface area contributed by atoms with E-state index < -0.39 is 5.60 Å². The lowest BCUT2D eigenvalue weighted by Gasteiger charge is -2.23. The van der Waals surface area contributed by atoms with Gasteiger partial charge in [-0.05, 0) is 68.2 Å². The quantitative estimate of drug-likeness (QED) is 0.860. The predicted octanol–water partition coefficient (Wildman–Crippen LogP) is 3.90. The Labute approximate surface area is 117 Å². The highest BCUT2D eigenvalue weighted by Gasteiger charge is 2.21. The predicted molar refractivity (Wildman–Crippen MR) is 77.8 cm³/mol. The van der Waals surface area contributed by atoms with Gasteiger partial charge in [-0.15, -0.1) is 0 Å². The number of aryl methyl sites for hydroxylation is 1. The van der Waals surface area contributed by atoms with E-state index in [2.05, 4.69) is 21.2 Å². The molecule has 0 bridgehead atoms. The first-order valence-electron chi connectivity index (χ1n) is 5.94. The lowest BCUT2D eigenvalue weighted by molar-refractivity contribution is -0.155. The minimum absolute atomic E-state index is 0.255. The molecule has 0 saturated carbocycles. The van der Waals surface area contributed by atoms with E-state index in [-0.39, 0.29) is 12.0 Å². The molecule has 100 valence electrons. The van der Waals surface area contributed by atoms with E-state index in [1.165, 1.54) is 0 Å². The normalized spacial score (nSPS) is 13.0. The van der Waals surface area contributed by atoms with Crippen molar-refractivity contribution >= 4 is 27.6 Å². The summed E-state index contributed by atoms with van der Waals surface area (Å²) in [4.78, 5) is 11.8. The van der Waals surface area contributed by atoms with Crippen molar-refractivity contribution in [2.45, 2.75) is 46.3 Å². The highest BCUT2D eigenvalue weighted by atomic mass is 79.9. The van der Waals surface area contributed by atoms with E-state index in [0.29, 0.717) is 0 Å². The van der Waals surface area contributed by atoms with Crippen LogP contribution in [0.5, 0.6) is 0 Å². The minimum atomic E-state index is -0.461. The maximum absolute atomic E-state index is 11.8. The van der Waals surface area contributed by atoms with Gasteiger partial charge in [0.25, 0.3) is 0 Å². The number of nitrogens with one attached hydrogen (secondary N) is 1. The van der Waals surface area contributed by atoms with Crippen molar-refractivity contribution in [3.05, 3.63) is 28.2 Å². The molecular weight excluding hydrogens is 294 g/mol. The number of halogens is 1. The third kappa shape index (κ3) is 4.69. The lowest BCUT2D eigenvalue weighted by atomic mass is 10.2. The summed E-state index contributed by atoms with van der Waals surface area (Å²) in [6.07, 6.45) is 0. The van der Waals surface area contributed by atoms with Crippen molar-refractivity contribution in [3.8, 4) is 0 Å². The molecule has 0 amide bonds. The molecule has 1 rings (SSSR count). The van der Waals surface area contributed by atoms with Crippen LogP contribution in [0, 0.1) is 6.92 Å². The fourth-order valence-corrected chi connectivity index (χ4v) is 2.03. The van der Waals surface area contributed by atoms with Crippen LogP contribution in [0.4, 0.5) is 5.69 Å². The molecule has 0 heterocycles. The van der Waals surface area contributed by atoms with E-state index in [4.69, 9.17) is 4.74 Å². The Bertz CT molecular complexity index is 438. The van der Waals surface area contributed by atoms with Gasteiger partial charge in [-0.2, -0.15) is 0 Å². The molecule has 1 aromatic carbocycles. The van der Waals surface area contributed by atoms with Crippen LogP contribution in [-0.4, -0.2) is 17.6 Å². The van der Waals surface area contributed by atoms with E-state index in [1.54, 1.807) is 6.92 Å². The van der Waals surface area contributed by atoms with Gasteiger partial charge in [-0.3, -0.25) is 0 Å². The fraction of sp³-hybridized carbons (Fsp3) is 0.500. The number of benzene rings is 1. The van der Waals surface area contributed by atoms with Crippen molar-refractivity contribution in [3.63, 3.8) is 0 Å². The van der Waals surface area contributed by atoms with Crippen molar-refractivity contribution in [1.29, 1.82) is 0 Å². The maximum atomic E-state index is 11.8. The van der Waals surface area contributed by atoms with Crippen molar-refractivity contribution in [1.82, 2.24) is 0 Å². The van der Waals surface area contributed by atoms with Gasteiger partial charge in [-0.25, -0.2) is 4.79 Å². The molecule has 0 aromatic heterocycles. The van der Waals surface area contributed by atoms with Gasteiger partial charge in [0.05, 0.1) is 0 Å². The second kappa shape index (κ2) is 5.74. The molecule has 1 unspecified atom stereocenters. The molecule has 1 atom stereocenters. The second-order valence-corrected chi connectivity index (χ2v) is 6.24. The van der Waals surface area contributed by atoms with E-state index in [0.717, 1.165) is 15.7 Å². The van der Waals surface area contributed by atoms with Crippen molar-refractivity contribution in [2.75, 3.05) is 5.32 Å². The van der Waals surface area contributed by atoms with Gasteiger partial charge < -0.3 is 10.1 Å².